The highest BCUT2D eigenvalue weighted by atomic mass is 35.5. The molecule has 4 heteroatoms. The zero-order valence-corrected chi connectivity index (χ0v) is 14.3. The van der Waals surface area contributed by atoms with Gasteiger partial charge in [0, 0.05) is 12.3 Å². The van der Waals surface area contributed by atoms with Gasteiger partial charge in [0.05, 0.1) is 24.0 Å². The van der Waals surface area contributed by atoms with Crippen molar-refractivity contribution in [3.05, 3.63) is 11.6 Å². The molecule has 0 amide bonds. The number of fused-ring (bicyclic) bond motifs is 3. The lowest BCUT2D eigenvalue weighted by Crippen LogP contribution is -2.53. The van der Waals surface area contributed by atoms with Crippen molar-refractivity contribution in [3.8, 4) is 0 Å². The molecule has 124 valence electrons. The van der Waals surface area contributed by atoms with Gasteiger partial charge in [0.15, 0.2) is 0 Å². The molecule has 6 unspecified atom stereocenters. The van der Waals surface area contributed by atoms with Crippen molar-refractivity contribution in [1.29, 1.82) is 0 Å². The van der Waals surface area contributed by atoms with Crippen LogP contribution in [0.3, 0.4) is 0 Å². The van der Waals surface area contributed by atoms with Gasteiger partial charge in [0.2, 0.25) is 0 Å². The van der Waals surface area contributed by atoms with Crippen molar-refractivity contribution in [2.45, 2.75) is 70.0 Å². The van der Waals surface area contributed by atoms with Crippen LogP contribution in [-0.4, -0.2) is 30.2 Å². The topological polar surface area (TPSA) is 35.5 Å². The summed E-state index contributed by atoms with van der Waals surface area (Å²) in [5.74, 6) is 1.08. The van der Waals surface area contributed by atoms with Gasteiger partial charge in [-0.3, -0.25) is 4.79 Å². The molecule has 22 heavy (non-hydrogen) atoms. The van der Waals surface area contributed by atoms with Crippen molar-refractivity contribution in [2.24, 2.45) is 17.8 Å². The maximum absolute atomic E-state index is 12.3. The number of hydrogen-bond donors (Lipinski definition) is 0. The molecule has 0 bridgehead atoms. The maximum Gasteiger partial charge on any atom is 0.309 e. The average Bonchev–Trinajstić information content (AvgIpc) is 2.49. The van der Waals surface area contributed by atoms with Crippen molar-refractivity contribution >= 4 is 17.6 Å². The Kier molecular flexibility index (Phi) is 5.13. The summed E-state index contributed by atoms with van der Waals surface area (Å²) >= 11 is 6.60. The van der Waals surface area contributed by atoms with Gasteiger partial charge in [-0.25, -0.2) is 0 Å². The van der Waals surface area contributed by atoms with Gasteiger partial charge in [0.25, 0.3) is 0 Å². The van der Waals surface area contributed by atoms with Gasteiger partial charge in [-0.15, -0.1) is 11.6 Å². The Hall–Kier alpha value is -0.540. The van der Waals surface area contributed by atoms with Crippen LogP contribution in [0.1, 0.15) is 52.4 Å². The third-order valence-electron chi connectivity index (χ3n) is 5.58. The number of esters is 1. The van der Waals surface area contributed by atoms with Crippen molar-refractivity contribution in [3.63, 3.8) is 0 Å². The monoisotopic (exact) mass is 326 g/mol. The zero-order valence-electron chi connectivity index (χ0n) is 13.6. The summed E-state index contributed by atoms with van der Waals surface area (Å²) in [4.78, 5) is 12.3. The Morgan fingerprint density at radius 3 is 2.82 bits per heavy atom. The largest absolute Gasteiger partial charge is 0.462 e. The molecule has 0 spiro atoms. The van der Waals surface area contributed by atoms with E-state index in [0.717, 1.165) is 32.1 Å². The molecular formula is C18H27ClO3. The van der Waals surface area contributed by atoms with Crippen LogP contribution < -0.4 is 0 Å². The molecule has 1 saturated heterocycles. The van der Waals surface area contributed by atoms with E-state index in [1.54, 1.807) is 0 Å². The second-order valence-corrected chi connectivity index (χ2v) is 7.90. The first-order valence-electron chi connectivity index (χ1n) is 8.65. The van der Waals surface area contributed by atoms with E-state index in [2.05, 4.69) is 19.9 Å². The third-order valence-corrected chi connectivity index (χ3v) is 6.04. The van der Waals surface area contributed by atoms with Gasteiger partial charge in [-0.2, -0.15) is 0 Å². The fourth-order valence-corrected chi connectivity index (χ4v) is 4.79. The van der Waals surface area contributed by atoms with Gasteiger partial charge in [-0.05, 0) is 39.0 Å². The number of ether oxygens (including phenoxy) is 2. The predicted molar refractivity (Wildman–Crippen MR) is 86.9 cm³/mol. The lowest BCUT2D eigenvalue weighted by atomic mass is 9.65. The van der Waals surface area contributed by atoms with E-state index in [1.807, 2.05) is 0 Å². The quantitative estimate of drug-likeness (QED) is 0.445. The van der Waals surface area contributed by atoms with Gasteiger partial charge < -0.3 is 9.47 Å². The summed E-state index contributed by atoms with van der Waals surface area (Å²) in [6.07, 6.45) is 8.31. The van der Waals surface area contributed by atoms with Gasteiger partial charge in [-0.1, -0.05) is 24.5 Å². The zero-order chi connectivity index (χ0) is 15.7. The highest BCUT2D eigenvalue weighted by Gasteiger charge is 2.50. The molecule has 2 aliphatic carbocycles. The average molecular weight is 327 g/mol. The lowest BCUT2D eigenvalue weighted by molar-refractivity contribution is -0.184. The molecule has 0 radical (unpaired) electrons. The third kappa shape index (κ3) is 3.35. The first-order valence-corrected chi connectivity index (χ1v) is 9.09. The maximum atomic E-state index is 12.3. The fraction of sp³-hybridized carbons (Fsp3) is 0.833. The molecule has 0 aromatic rings. The number of allylic oxidation sites excluding steroid dienone is 1. The molecule has 1 aliphatic heterocycles. The summed E-state index contributed by atoms with van der Waals surface area (Å²) in [7, 11) is 0. The number of carbonyl (C=O) groups is 1. The highest BCUT2D eigenvalue weighted by Crippen LogP contribution is 2.48. The normalized spacial score (nSPS) is 41.1. The summed E-state index contributed by atoms with van der Waals surface area (Å²) in [6.45, 7) is 4.71. The number of carbonyl (C=O) groups excluding carboxylic acids is 1. The first-order chi connectivity index (χ1) is 10.6. The van der Waals surface area contributed by atoms with Crippen LogP contribution >= 0.6 is 11.6 Å². The van der Waals surface area contributed by atoms with Crippen LogP contribution in [0, 0.1) is 17.8 Å². The molecule has 3 nitrogen and oxygen atoms in total. The summed E-state index contributed by atoms with van der Waals surface area (Å²) < 4.78 is 11.7. The molecule has 3 rings (SSSR count). The Morgan fingerprint density at radius 2 is 2.05 bits per heavy atom. The van der Waals surface area contributed by atoms with E-state index in [0.29, 0.717) is 18.4 Å². The van der Waals surface area contributed by atoms with Crippen LogP contribution in [0.15, 0.2) is 11.6 Å². The van der Waals surface area contributed by atoms with Crippen molar-refractivity contribution in [1.82, 2.24) is 0 Å². The Balaban J connectivity index is 1.65. The Bertz CT molecular complexity index is 444. The number of hydrogen-bond acceptors (Lipinski definition) is 3. The summed E-state index contributed by atoms with van der Waals surface area (Å²) in [5, 5.41) is 0.0335. The van der Waals surface area contributed by atoms with E-state index in [-0.39, 0.29) is 29.5 Å². The fourth-order valence-electron chi connectivity index (χ4n) is 4.41. The van der Waals surface area contributed by atoms with E-state index in [1.165, 1.54) is 12.0 Å². The molecule has 3 fully saturated rings. The molecule has 0 aromatic heterocycles. The second-order valence-electron chi connectivity index (χ2n) is 7.33. The number of halogens is 1. The minimum absolute atomic E-state index is 0.00791. The first kappa shape index (κ1) is 16.3. The standard InChI is InChI=1S/C18H27ClO3/c1-11(2)7-8-21-17-10-16-14(9-15(17)19)12-5-3-4-6-13(12)18(20)22-16/h7,12-17H,3-6,8-10H2,1-2H3. The van der Waals surface area contributed by atoms with E-state index in [4.69, 9.17) is 21.1 Å². The lowest BCUT2D eigenvalue weighted by Gasteiger charge is -2.49. The summed E-state index contributed by atoms with van der Waals surface area (Å²) in [5.41, 5.74) is 1.24. The SMILES string of the molecule is CC(C)=CCOC1CC2OC(=O)C3CCCCC3C2CC1Cl. The minimum atomic E-state index is -0.00791. The van der Waals surface area contributed by atoms with Crippen LogP contribution in [0.4, 0.5) is 0 Å². The van der Waals surface area contributed by atoms with E-state index >= 15 is 0 Å². The smallest absolute Gasteiger partial charge is 0.309 e. The number of rotatable bonds is 3. The molecule has 0 aromatic carbocycles. The number of alkyl halides is 1. The van der Waals surface area contributed by atoms with Crippen LogP contribution in [-0.2, 0) is 14.3 Å². The highest BCUT2D eigenvalue weighted by molar-refractivity contribution is 6.21. The molecular weight excluding hydrogens is 300 g/mol. The molecule has 0 N–H and O–H groups in total. The molecule has 3 aliphatic rings. The minimum Gasteiger partial charge on any atom is -0.462 e. The molecule has 2 saturated carbocycles. The summed E-state index contributed by atoms with van der Waals surface area (Å²) in [6, 6.07) is 0. The van der Waals surface area contributed by atoms with Gasteiger partial charge >= 0.3 is 5.97 Å². The van der Waals surface area contributed by atoms with Crippen molar-refractivity contribution < 1.29 is 14.3 Å². The van der Waals surface area contributed by atoms with E-state index in [9.17, 15) is 4.79 Å². The van der Waals surface area contributed by atoms with E-state index < -0.39 is 0 Å². The predicted octanol–water partition coefficient (Wildman–Crippen LogP) is 4.09. The van der Waals surface area contributed by atoms with Crippen LogP contribution in [0.5, 0.6) is 0 Å². The second kappa shape index (κ2) is 6.92. The van der Waals surface area contributed by atoms with Gasteiger partial charge in [0.1, 0.15) is 6.10 Å². The van der Waals surface area contributed by atoms with Crippen LogP contribution in [0.2, 0.25) is 0 Å². The Labute approximate surface area is 138 Å². The van der Waals surface area contributed by atoms with Crippen molar-refractivity contribution in [2.75, 3.05) is 6.61 Å². The molecule has 6 atom stereocenters. The van der Waals surface area contributed by atoms with Crippen LogP contribution in [0.25, 0.3) is 0 Å². The Morgan fingerprint density at radius 1 is 1.27 bits per heavy atom. The molecule has 1 heterocycles.